The third kappa shape index (κ3) is 5.96. The van der Waals surface area contributed by atoms with Crippen molar-refractivity contribution in [1.82, 2.24) is 9.88 Å². The molecule has 1 aromatic rings. The number of hydrogen-bond donors (Lipinski definition) is 1. The van der Waals surface area contributed by atoms with Crippen molar-refractivity contribution >= 4 is 29.9 Å². The highest BCUT2D eigenvalue weighted by Gasteiger charge is 2.12. The summed E-state index contributed by atoms with van der Waals surface area (Å²) in [5.41, 5.74) is 6.57. The summed E-state index contributed by atoms with van der Waals surface area (Å²) in [6, 6.07) is 3.09. The second-order valence-corrected chi connectivity index (χ2v) is 4.15. The number of ether oxygens (including phenoxy) is 2. The van der Waals surface area contributed by atoms with Gasteiger partial charge in [0, 0.05) is 25.4 Å². The highest BCUT2D eigenvalue weighted by atomic mass is 127. The summed E-state index contributed by atoms with van der Waals surface area (Å²) in [6.45, 7) is 0.0392. The van der Waals surface area contributed by atoms with Gasteiger partial charge in [-0.15, -0.1) is 24.0 Å². The maximum Gasteiger partial charge on any atom is 0.388 e. The molecule has 1 saturated heterocycles. The van der Waals surface area contributed by atoms with Crippen molar-refractivity contribution in [3.8, 4) is 5.88 Å². The van der Waals surface area contributed by atoms with Gasteiger partial charge in [-0.05, 0) is 11.6 Å². The second-order valence-electron chi connectivity index (χ2n) is 4.15. The fraction of sp³-hybridized carbons (Fsp3) is 0.500. The molecule has 1 aliphatic heterocycles. The van der Waals surface area contributed by atoms with Crippen molar-refractivity contribution in [2.75, 3.05) is 26.3 Å². The molecule has 2 rings (SSSR count). The lowest BCUT2D eigenvalue weighted by Gasteiger charge is -2.27. The lowest BCUT2D eigenvalue weighted by molar-refractivity contribution is -0.0528. The van der Waals surface area contributed by atoms with Crippen LogP contribution in [0.4, 0.5) is 8.78 Å². The van der Waals surface area contributed by atoms with E-state index in [1.165, 1.54) is 12.3 Å². The first-order valence-electron chi connectivity index (χ1n) is 6.17. The monoisotopic (exact) mass is 414 g/mol. The molecule has 1 aromatic heterocycles. The van der Waals surface area contributed by atoms with Gasteiger partial charge in [0.2, 0.25) is 5.88 Å². The Morgan fingerprint density at radius 3 is 2.86 bits per heavy atom. The van der Waals surface area contributed by atoms with Gasteiger partial charge in [-0.1, -0.05) is 0 Å². The van der Waals surface area contributed by atoms with Crippen LogP contribution < -0.4 is 10.5 Å². The maximum atomic E-state index is 12.1. The predicted octanol–water partition coefficient (Wildman–Crippen LogP) is 1.45. The number of alkyl halides is 2. The number of aromatic nitrogens is 1. The van der Waals surface area contributed by atoms with Gasteiger partial charge in [0.1, 0.15) is 0 Å². The van der Waals surface area contributed by atoms with Crippen molar-refractivity contribution in [2.45, 2.75) is 13.2 Å². The van der Waals surface area contributed by atoms with Gasteiger partial charge < -0.3 is 20.1 Å². The molecule has 0 atom stereocenters. The number of morpholine rings is 1. The molecule has 2 heterocycles. The van der Waals surface area contributed by atoms with E-state index in [0.717, 1.165) is 0 Å². The Kier molecular flexibility index (Phi) is 7.57. The lowest BCUT2D eigenvalue weighted by Crippen LogP contribution is -2.44. The zero-order valence-corrected chi connectivity index (χ0v) is 13.6. The van der Waals surface area contributed by atoms with Gasteiger partial charge in [0.25, 0.3) is 0 Å². The van der Waals surface area contributed by atoms with Gasteiger partial charge in [-0.25, -0.2) is 9.98 Å². The van der Waals surface area contributed by atoms with Crippen molar-refractivity contribution in [3.05, 3.63) is 23.9 Å². The van der Waals surface area contributed by atoms with Crippen LogP contribution in [0.3, 0.4) is 0 Å². The van der Waals surface area contributed by atoms with Crippen molar-refractivity contribution < 1.29 is 18.3 Å². The molecule has 6 nitrogen and oxygen atoms in total. The molecule has 0 radical (unpaired) electrons. The number of nitrogens with zero attached hydrogens (tertiary/aromatic N) is 3. The lowest BCUT2D eigenvalue weighted by atomic mass is 10.3. The van der Waals surface area contributed by atoms with Gasteiger partial charge in [-0.2, -0.15) is 8.78 Å². The normalized spacial score (nSPS) is 15.8. The van der Waals surface area contributed by atoms with Crippen molar-refractivity contribution in [2.24, 2.45) is 10.7 Å². The van der Waals surface area contributed by atoms with E-state index in [2.05, 4.69) is 14.7 Å². The van der Waals surface area contributed by atoms with E-state index in [4.69, 9.17) is 10.5 Å². The highest BCUT2D eigenvalue weighted by Crippen LogP contribution is 2.13. The van der Waals surface area contributed by atoms with Crippen LogP contribution in [-0.4, -0.2) is 48.8 Å². The Bertz CT molecular complexity index is 470. The number of hydrogen-bond acceptors (Lipinski definition) is 4. The molecular formula is C12H17F2IN4O2. The highest BCUT2D eigenvalue weighted by molar-refractivity contribution is 14.0. The van der Waals surface area contributed by atoms with Crippen LogP contribution in [0, 0.1) is 0 Å². The van der Waals surface area contributed by atoms with E-state index in [1.54, 1.807) is 6.07 Å². The summed E-state index contributed by atoms with van der Waals surface area (Å²) in [5, 5.41) is 0. The molecule has 0 amide bonds. The second kappa shape index (κ2) is 8.93. The molecule has 0 saturated carbocycles. The van der Waals surface area contributed by atoms with Crippen LogP contribution in [0.5, 0.6) is 5.88 Å². The van der Waals surface area contributed by atoms with Gasteiger partial charge in [0.05, 0.1) is 19.8 Å². The maximum absolute atomic E-state index is 12.1. The van der Waals surface area contributed by atoms with E-state index in [9.17, 15) is 8.78 Å². The fourth-order valence-corrected chi connectivity index (χ4v) is 1.77. The summed E-state index contributed by atoms with van der Waals surface area (Å²) in [4.78, 5) is 9.84. The van der Waals surface area contributed by atoms with Crippen LogP contribution in [0.15, 0.2) is 23.3 Å². The summed E-state index contributed by atoms with van der Waals surface area (Å²) in [6.07, 6.45) is 1.40. The topological polar surface area (TPSA) is 73.0 Å². The number of aliphatic imine (C=N–C) groups is 1. The Hall–Kier alpha value is -1.23. The molecule has 1 aliphatic rings. The van der Waals surface area contributed by atoms with Crippen LogP contribution in [0.25, 0.3) is 0 Å². The van der Waals surface area contributed by atoms with Crippen LogP contribution in [0.1, 0.15) is 5.56 Å². The van der Waals surface area contributed by atoms with Crippen molar-refractivity contribution in [1.29, 1.82) is 0 Å². The molecule has 9 heteroatoms. The summed E-state index contributed by atoms with van der Waals surface area (Å²) >= 11 is 0. The number of pyridine rings is 1. The van der Waals surface area contributed by atoms with Crippen LogP contribution >= 0.6 is 24.0 Å². The van der Waals surface area contributed by atoms with Crippen LogP contribution in [0.2, 0.25) is 0 Å². The average Bonchev–Trinajstić information content (AvgIpc) is 2.45. The molecular weight excluding hydrogens is 397 g/mol. The third-order valence-electron chi connectivity index (χ3n) is 2.77. The van der Waals surface area contributed by atoms with Gasteiger partial charge >= 0.3 is 6.61 Å². The van der Waals surface area contributed by atoms with Crippen LogP contribution in [-0.2, 0) is 11.3 Å². The Morgan fingerprint density at radius 2 is 2.19 bits per heavy atom. The molecule has 0 unspecified atom stereocenters. The largest absolute Gasteiger partial charge is 0.417 e. The van der Waals surface area contributed by atoms with E-state index in [1.807, 2.05) is 4.90 Å². The minimum atomic E-state index is -2.89. The first kappa shape index (κ1) is 17.8. The van der Waals surface area contributed by atoms with E-state index in [-0.39, 0.29) is 36.4 Å². The number of nitrogens with two attached hydrogens (primary N) is 1. The summed E-state index contributed by atoms with van der Waals surface area (Å²) in [7, 11) is 0. The zero-order chi connectivity index (χ0) is 14.4. The number of halogens is 3. The van der Waals surface area contributed by atoms with E-state index >= 15 is 0 Å². The average molecular weight is 414 g/mol. The summed E-state index contributed by atoms with van der Waals surface area (Å²) in [5.74, 6) is 0.291. The van der Waals surface area contributed by atoms with Gasteiger partial charge in [-0.3, -0.25) is 0 Å². The Morgan fingerprint density at radius 1 is 1.48 bits per heavy atom. The molecule has 118 valence electrons. The minimum absolute atomic E-state index is 0. The smallest absolute Gasteiger partial charge is 0.388 e. The third-order valence-corrected chi connectivity index (χ3v) is 2.77. The Labute approximate surface area is 138 Å². The quantitative estimate of drug-likeness (QED) is 0.459. The molecule has 0 aromatic carbocycles. The first-order valence-corrected chi connectivity index (χ1v) is 6.17. The zero-order valence-electron chi connectivity index (χ0n) is 11.2. The fourth-order valence-electron chi connectivity index (χ4n) is 1.77. The molecule has 21 heavy (non-hydrogen) atoms. The van der Waals surface area contributed by atoms with E-state index in [0.29, 0.717) is 37.8 Å². The molecule has 0 spiro atoms. The molecule has 0 aliphatic carbocycles. The molecule has 2 N–H and O–H groups in total. The Balaban J connectivity index is 0.00000220. The summed E-state index contributed by atoms with van der Waals surface area (Å²) < 4.78 is 33.6. The van der Waals surface area contributed by atoms with E-state index < -0.39 is 6.61 Å². The minimum Gasteiger partial charge on any atom is -0.417 e. The number of guanidine groups is 1. The number of rotatable bonds is 4. The standard InChI is InChI=1S/C12H16F2N4O2.HI/c13-11(14)20-10-7-9(1-2-16-10)8-17-12(15)18-3-5-19-6-4-18;/h1-2,7,11H,3-6,8H2,(H2,15,17);1H. The SMILES string of the molecule is I.NC(=NCc1ccnc(OC(F)F)c1)N1CCOCC1. The van der Waals surface area contributed by atoms with Gasteiger partial charge in [0.15, 0.2) is 5.96 Å². The molecule has 1 fully saturated rings. The van der Waals surface area contributed by atoms with Crippen molar-refractivity contribution in [3.63, 3.8) is 0 Å². The predicted molar refractivity (Wildman–Crippen MR) is 84.0 cm³/mol. The molecule has 0 bridgehead atoms. The first-order chi connectivity index (χ1) is 9.65.